The summed E-state index contributed by atoms with van der Waals surface area (Å²) in [6.07, 6.45) is 4.49. The number of nitrogens with one attached hydrogen (secondary N) is 1. The summed E-state index contributed by atoms with van der Waals surface area (Å²) in [6, 6.07) is 6.44. The van der Waals surface area contributed by atoms with Crippen LogP contribution >= 0.6 is 0 Å². The molecule has 0 amide bonds. The van der Waals surface area contributed by atoms with E-state index in [0.29, 0.717) is 0 Å². The smallest absolute Gasteiger partial charge is 0.110 e. The third-order valence-electron chi connectivity index (χ3n) is 5.78. The fourth-order valence-corrected chi connectivity index (χ4v) is 5.04. The normalized spacial score (nSPS) is 40.4. The van der Waals surface area contributed by atoms with Crippen molar-refractivity contribution in [3.63, 3.8) is 0 Å². The predicted octanol–water partition coefficient (Wildman–Crippen LogP) is 3.63. The number of para-hydroxylation sites is 1. The fraction of sp³-hybridized carbons (Fsp3) is 0.562. The Labute approximate surface area is 107 Å². The Hall–Kier alpha value is -1.31. The van der Waals surface area contributed by atoms with Gasteiger partial charge in [0.2, 0.25) is 0 Å². The average molecular weight is 238 g/mol. The molecular weight excluding hydrogens is 220 g/mol. The standard InChI is InChI=1S/C16H18N2/c1-8-3-2-4-11-15(8)18-16(17-11)14-12-9-5-6-10(7-9)13(12)14/h2-4,9-10,12-14H,5-7H2,1H3,(H,17,18). The molecule has 3 aliphatic carbocycles. The van der Waals surface area contributed by atoms with Crippen molar-refractivity contribution in [2.45, 2.75) is 32.1 Å². The molecule has 0 aliphatic heterocycles. The lowest BCUT2D eigenvalue weighted by Crippen LogP contribution is -1.98. The number of benzene rings is 1. The molecule has 0 saturated heterocycles. The first-order valence-electron chi connectivity index (χ1n) is 7.28. The molecule has 1 N–H and O–H groups in total. The van der Waals surface area contributed by atoms with Gasteiger partial charge in [-0.05, 0) is 61.5 Å². The molecule has 0 radical (unpaired) electrons. The van der Waals surface area contributed by atoms with Crippen LogP contribution in [0.5, 0.6) is 0 Å². The summed E-state index contributed by atoms with van der Waals surface area (Å²) in [5.41, 5.74) is 3.70. The fourth-order valence-electron chi connectivity index (χ4n) is 5.04. The van der Waals surface area contributed by atoms with Gasteiger partial charge in [0.1, 0.15) is 5.82 Å². The van der Waals surface area contributed by atoms with Crippen molar-refractivity contribution in [2.24, 2.45) is 23.7 Å². The quantitative estimate of drug-likeness (QED) is 0.807. The molecule has 4 unspecified atom stereocenters. The number of fused-ring (bicyclic) bond motifs is 6. The minimum absolute atomic E-state index is 0.767. The molecule has 92 valence electrons. The molecular formula is C16H18N2. The van der Waals surface area contributed by atoms with E-state index in [1.807, 2.05) is 0 Å². The van der Waals surface area contributed by atoms with Gasteiger partial charge in [0, 0.05) is 5.92 Å². The van der Waals surface area contributed by atoms with Crippen molar-refractivity contribution in [1.29, 1.82) is 0 Å². The summed E-state index contributed by atoms with van der Waals surface area (Å²) in [5.74, 6) is 6.06. The summed E-state index contributed by atoms with van der Waals surface area (Å²) >= 11 is 0. The van der Waals surface area contributed by atoms with E-state index in [2.05, 4.69) is 30.1 Å². The monoisotopic (exact) mass is 238 g/mol. The number of hydrogen-bond donors (Lipinski definition) is 1. The zero-order valence-electron chi connectivity index (χ0n) is 10.7. The van der Waals surface area contributed by atoms with E-state index < -0.39 is 0 Å². The molecule has 2 aromatic rings. The first-order valence-corrected chi connectivity index (χ1v) is 7.28. The second-order valence-electron chi connectivity index (χ2n) is 6.61. The van der Waals surface area contributed by atoms with Crippen LogP contribution in [0.3, 0.4) is 0 Å². The SMILES string of the molecule is Cc1cccc2[nH]c(C3C4C5CCC(C5)C34)nc12. The first-order chi connectivity index (χ1) is 8.83. The third kappa shape index (κ3) is 1.03. The Morgan fingerprint density at radius 3 is 2.67 bits per heavy atom. The minimum Gasteiger partial charge on any atom is -0.342 e. The number of aromatic nitrogens is 2. The maximum atomic E-state index is 4.90. The van der Waals surface area contributed by atoms with E-state index in [-0.39, 0.29) is 0 Å². The third-order valence-corrected chi connectivity index (χ3v) is 5.78. The lowest BCUT2D eigenvalue weighted by Gasteiger charge is -2.05. The zero-order valence-corrected chi connectivity index (χ0v) is 10.7. The topological polar surface area (TPSA) is 28.7 Å². The van der Waals surface area contributed by atoms with Crippen molar-refractivity contribution in [3.8, 4) is 0 Å². The van der Waals surface area contributed by atoms with Crippen LogP contribution in [0.15, 0.2) is 18.2 Å². The molecule has 2 bridgehead atoms. The van der Waals surface area contributed by atoms with Gasteiger partial charge in [0.15, 0.2) is 0 Å². The maximum absolute atomic E-state index is 4.90. The second kappa shape index (κ2) is 2.98. The second-order valence-corrected chi connectivity index (χ2v) is 6.61. The molecule has 2 nitrogen and oxygen atoms in total. The van der Waals surface area contributed by atoms with Crippen molar-refractivity contribution in [3.05, 3.63) is 29.6 Å². The van der Waals surface area contributed by atoms with E-state index in [9.17, 15) is 0 Å². The number of aryl methyl sites for hydroxylation is 1. The lowest BCUT2D eigenvalue weighted by atomic mass is 10.0. The molecule has 18 heavy (non-hydrogen) atoms. The predicted molar refractivity (Wildman–Crippen MR) is 71.4 cm³/mol. The van der Waals surface area contributed by atoms with Crippen LogP contribution in [0, 0.1) is 30.6 Å². The van der Waals surface area contributed by atoms with Crippen LogP contribution in [0.25, 0.3) is 11.0 Å². The van der Waals surface area contributed by atoms with Crippen LogP contribution < -0.4 is 0 Å². The Bertz CT molecular complexity index is 626. The minimum atomic E-state index is 0.767. The van der Waals surface area contributed by atoms with Crippen LogP contribution in [0.2, 0.25) is 0 Å². The number of H-pyrrole nitrogens is 1. The highest BCUT2D eigenvalue weighted by molar-refractivity contribution is 5.78. The molecule has 3 aliphatic rings. The molecule has 1 aromatic carbocycles. The molecule has 3 fully saturated rings. The Morgan fingerprint density at radius 1 is 1.17 bits per heavy atom. The highest BCUT2D eigenvalue weighted by atomic mass is 15.0. The molecule has 5 rings (SSSR count). The number of imidazole rings is 1. The van der Waals surface area contributed by atoms with Gasteiger partial charge in [0.25, 0.3) is 0 Å². The lowest BCUT2D eigenvalue weighted by molar-refractivity contribution is 0.456. The summed E-state index contributed by atoms with van der Waals surface area (Å²) in [7, 11) is 0. The summed E-state index contributed by atoms with van der Waals surface area (Å²) in [4.78, 5) is 8.48. The van der Waals surface area contributed by atoms with E-state index in [1.165, 1.54) is 41.7 Å². The Balaban J connectivity index is 1.59. The van der Waals surface area contributed by atoms with Crippen molar-refractivity contribution >= 4 is 11.0 Å². The van der Waals surface area contributed by atoms with Gasteiger partial charge in [-0.1, -0.05) is 12.1 Å². The molecule has 4 atom stereocenters. The number of aromatic amines is 1. The summed E-state index contributed by atoms with van der Waals surface area (Å²) < 4.78 is 0. The number of nitrogens with zero attached hydrogens (tertiary/aromatic N) is 1. The molecule has 0 spiro atoms. The van der Waals surface area contributed by atoms with Crippen molar-refractivity contribution in [2.75, 3.05) is 0 Å². The molecule has 3 saturated carbocycles. The van der Waals surface area contributed by atoms with Gasteiger partial charge in [-0.3, -0.25) is 0 Å². The Kier molecular flexibility index (Phi) is 1.59. The highest BCUT2D eigenvalue weighted by Gasteiger charge is 2.66. The highest BCUT2D eigenvalue weighted by Crippen LogP contribution is 2.72. The molecule has 1 heterocycles. The number of rotatable bonds is 1. The van der Waals surface area contributed by atoms with E-state index >= 15 is 0 Å². The van der Waals surface area contributed by atoms with Crippen LogP contribution in [0.4, 0.5) is 0 Å². The largest absolute Gasteiger partial charge is 0.342 e. The first kappa shape index (κ1) is 9.60. The van der Waals surface area contributed by atoms with Gasteiger partial charge in [-0.15, -0.1) is 0 Å². The molecule has 1 aromatic heterocycles. The van der Waals surface area contributed by atoms with Crippen molar-refractivity contribution < 1.29 is 0 Å². The summed E-state index contributed by atoms with van der Waals surface area (Å²) in [6.45, 7) is 2.16. The van der Waals surface area contributed by atoms with Crippen LogP contribution in [-0.4, -0.2) is 9.97 Å². The van der Waals surface area contributed by atoms with Gasteiger partial charge in [-0.25, -0.2) is 4.98 Å². The summed E-state index contributed by atoms with van der Waals surface area (Å²) in [5, 5.41) is 0. The van der Waals surface area contributed by atoms with Crippen molar-refractivity contribution in [1.82, 2.24) is 9.97 Å². The van der Waals surface area contributed by atoms with Crippen LogP contribution in [0.1, 0.15) is 36.6 Å². The molecule has 2 heteroatoms. The van der Waals surface area contributed by atoms with Gasteiger partial charge < -0.3 is 4.98 Å². The van der Waals surface area contributed by atoms with Gasteiger partial charge >= 0.3 is 0 Å². The van der Waals surface area contributed by atoms with E-state index in [1.54, 1.807) is 0 Å². The number of hydrogen-bond acceptors (Lipinski definition) is 1. The van der Waals surface area contributed by atoms with Gasteiger partial charge in [-0.2, -0.15) is 0 Å². The Morgan fingerprint density at radius 2 is 1.94 bits per heavy atom. The zero-order chi connectivity index (χ0) is 11.9. The van der Waals surface area contributed by atoms with E-state index in [0.717, 1.165) is 29.6 Å². The van der Waals surface area contributed by atoms with Gasteiger partial charge in [0.05, 0.1) is 11.0 Å². The average Bonchev–Trinajstić information content (AvgIpc) is 2.77. The van der Waals surface area contributed by atoms with E-state index in [4.69, 9.17) is 4.98 Å². The maximum Gasteiger partial charge on any atom is 0.110 e. The van der Waals surface area contributed by atoms with Crippen LogP contribution in [-0.2, 0) is 0 Å².